The van der Waals surface area contributed by atoms with Gasteiger partial charge in [0.2, 0.25) is 17.5 Å². The number of nitrogens with zero attached hydrogens (tertiary/aromatic N) is 3. The maximum Gasteiger partial charge on any atom is 0.290 e. The molecule has 2 aromatic rings. The number of nitrogens with one attached hydrogen (secondary N) is 1. The number of anilines is 1. The number of phenols is 1. The molecule has 1 saturated carbocycles. The molecule has 0 bridgehead atoms. The summed E-state index contributed by atoms with van der Waals surface area (Å²) in [5.41, 5.74) is 3.44. The van der Waals surface area contributed by atoms with Crippen molar-refractivity contribution in [3.63, 3.8) is 0 Å². The molecule has 226 valence electrons. The second kappa shape index (κ2) is 11.5. The lowest BCUT2D eigenvalue weighted by Gasteiger charge is -2.47. The molecule has 14 nitrogen and oxygen atoms in total. The Kier molecular flexibility index (Phi) is 8.43. The summed E-state index contributed by atoms with van der Waals surface area (Å²) in [7, 11) is 6.75. The van der Waals surface area contributed by atoms with Crippen molar-refractivity contribution in [1.82, 2.24) is 15.4 Å². The van der Waals surface area contributed by atoms with Crippen LogP contribution in [0.1, 0.15) is 40.1 Å². The van der Waals surface area contributed by atoms with E-state index in [0.717, 1.165) is 0 Å². The lowest BCUT2D eigenvalue weighted by molar-refractivity contribution is -0.163. The van der Waals surface area contributed by atoms with E-state index in [1.54, 1.807) is 44.1 Å². The molecule has 14 heteroatoms. The molecule has 2 aliphatic carbocycles. The summed E-state index contributed by atoms with van der Waals surface area (Å²) in [6.45, 7) is -0.679. The highest BCUT2D eigenvalue weighted by Crippen LogP contribution is 2.51. The van der Waals surface area contributed by atoms with Gasteiger partial charge in [0.1, 0.15) is 11.5 Å². The summed E-state index contributed by atoms with van der Waals surface area (Å²) in [4.78, 5) is 54.7. The van der Waals surface area contributed by atoms with Crippen LogP contribution in [0.2, 0.25) is 0 Å². The minimum atomic E-state index is -2.77. The van der Waals surface area contributed by atoms with Gasteiger partial charge in [0, 0.05) is 55.5 Å². The van der Waals surface area contributed by atoms with Crippen LogP contribution < -0.4 is 16.0 Å². The van der Waals surface area contributed by atoms with E-state index in [9.17, 15) is 39.6 Å². The van der Waals surface area contributed by atoms with Crippen molar-refractivity contribution in [2.75, 3.05) is 39.7 Å². The van der Waals surface area contributed by atoms with Gasteiger partial charge < -0.3 is 45.8 Å². The Morgan fingerprint density at radius 1 is 1.24 bits per heavy atom. The Morgan fingerprint density at radius 3 is 2.48 bits per heavy atom. The summed E-state index contributed by atoms with van der Waals surface area (Å²) >= 11 is 0. The first-order valence-corrected chi connectivity index (χ1v) is 13.3. The van der Waals surface area contributed by atoms with Gasteiger partial charge in [0.05, 0.1) is 24.8 Å². The van der Waals surface area contributed by atoms with Crippen molar-refractivity contribution in [3.8, 4) is 5.75 Å². The minimum Gasteiger partial charge on any atom is -0.507 e. The number of primary amides is 1. The zero-order chi connectivity index (χ0) is 31.1. The molecule has 1 aromatic heterocycles. The number of phenolic OH excluding ortho intramolecular Hbond substituents is 1. The number of benzene rings is 1. The number of Topliss-reactive ketones (excluding diaryl/α,β-unsaturated/α-hetero) is 2. The fourth-order valence-electron chi connectivity index (χ4n) is 6.08. The van der Waals surface area contributed by atoms with E-state index in [1.165, 1.54) is 12.3 Å². The first kappa shape index (κ1) is 30.7. The molecule has 1 aromatic carbocycles. The zero-order valence-corrected chi connectivity index (χ0v) is 23.7. The average Bonchev–Trinajstić information content (AvgIpc) is 3.45. The molecule has 7 N–H and O–H groups in total. The molecule has 4 atom stereocenters. The molecule has 2 amide bonds. The highest BCUT2D eigenvalue weighted by atomic mass is 16.5. The maximum absolute atomic E-state index is 14.0. The smallest absolute Gasteiger partial charge is 0.290 e. The molecular formula is C28H35N5O9. The number of rotatable bonds is 10. The first-order valence-electron chi connectivity index (χ1n) is 13.3. The third kappa shape index (κ3) is 5.12. The average molecular weight is 586 g/mol. The third-order valence-corrected chi connectivity index (χ3v) is 8.14. The minimum absolute atomic E-state index is 0.00238. The highest BCUT2D eigenvalue weighted by Gasteiger charge is 2.60. The number of carbonyl (C=O) groups is 4. The largest absolute Gasteiger partial charge is 0.507 e. The molecule has 42 heavy (non-hydrogen) atoms. The van der Waals surface area contributed by atoms with Gasteiger partial charge in [-0.3, -0.25) is 19.2 Å². The number of aliphatic hydroxyl groups excluding tert-OH is 2. The van der Waals surface area contributed by atoms with Crippen LogP contribution in [0.4, 0.5) is 5.69 Å². The SMILES string of the molecule is CN(C)c1cc(CNC(=O)c2ccno2)c(O)c2c1C[C@H]1C[C@@H](C(CO)N(C)C)[C@@](O)(C(=O)CC(N)=O)C(=O)C1=C2O. The number of ketones is 2. The van der Waals surface area contributed by atoms with E-state index in [-0.39, 0.29) is 41.8 Å². The number of likely N-dealkylation sites (N-methyl/N-ethyl adjacent to an activating group) is 1. The molecule has 2 aliphatic rings. The molecule has 0 spiro atoms. The maximum atomic E-state index is 14.0. The van der Waals surface area contributed by atoms with E-state index in [2.05, 4.69) is 10.5 Å². The van der Waals surface area contributed by atoms with Gasteiger partial charge in [-0.2, -0.15) is 0 Å². The predicted molar refractivity (Wildman–Crippen MR) is 148 cm³/mol. The Labute approximate surface area is 241 Å². The third-order valence-electron chi connectivity index (χ3n) is 8.14. The Hall–Kier alpha value is -4.27. The molecular weight excluding hydrogens is 550 g/mol. The van der Waals surface area contributed by atoms with Crippen LogP contribution in [0.3, 0.4) is 0 Å². The van der Waals surface area contributed by atoms with Crippen molar-refractivity contribution in [1.29, 1.82) is 0 Å². The number of aromatic hydroxyl groups is 1. The number of hydrogen-bond donors (Lipinski definition) is 6. The fourth-order valence-corrected chi connectivity index (χ4v) is 6.08. The topological polar surface area (TPSA) is 220 Å². The standard InChI is InChI=1S/C28H35N5O9/c1-32(2)17-9-14(11-30-27(40)19-5-6-31-42-19)24(37)23-15(17)7-13-8-16(18(12-34)33(3)4)28(41,20(35)10-21(29)36)26(39)22(13)25(23)38/h5-6,9,13,16,18,34,37-38,41H,7-8,10-12H2,1-4H3,(H2,29,36)(H,30,40)/t13-,16-,18?,28+/m0/s1. The lowest BCUT2D eigenvalue weighted by Crippen LogP contribution is -2.64. The van der Waals surface area contributed by atoms with Crippen molar-refractivity contribution < 1.29 is 44.1 Å². The first-order chi connectivity index (χ1) is 19.7. The van der Waals surface area contributed by atoms with E-state index >= 15 is 0 Å². The summed E-state index contributed by atoms with van der Waals surface area (Å²) in [6, 6.07) is 2.17. The van der Waals surface area contributed by atoms with Gasteiger partial charge in [-0.05, 0) is 44.5 Å². The van der Waals surface area contributed by atoms with E-state index in [0.29, 0.717) is 11.3 Å². The monoisotopic (exact) mass is 585 g/mol. The van der Waals surface area contributed by atoms with Crippen molar-refractivity contribution in [3.05, 3.63) is 46.4 Å². The predicted octanol–water partition coefficient (Wildman–Crippen LogP) is -0.495. The molecule has 1 unspecified atom stereocenters. The molecule has 1 heterocycles. The van der Waals surface area contributed by atoms with Gasteiger partial charge in [-0.25, -0.2) is 0 Å². The number of carbonyl (C=O) groups excluding carboxylic acids is 4. The van der Waals surface area contributed by atoms with E-state index in [1.807, 2.05) is 0 Å². The molecule has 0 aliphatic heterocycles. The van der Waals surface area contributed by atoms with Crippen molar-refractivity contribution in [2.24, 2.45) is 17.6 Å². The van der Waals surface area contributed by atoms with Crippen LogP contribution in [-0.4, -0.2) is 100 Å². The molecule has 1 fully saturated rings. The number of fused-ring (bicyclic) bond motifs is 2. The van der Waals surface area contributed by atoms with Gasteiger partial charge in [0.15, 0.2) is 11.4 Å². The van der Waals surface area contributed by atoms with Crippen LogP contribution in [0.5, 0.6) is 5.75 Å². The molecule has 4 rings (SSSR count). The normalized spacial score (nSPS) is 22.4. The molecule has 0 radical (unpaired) electrons. The summed E-state index contributed by atoms with van der Waals surface area (Å²) in [6.07, 6.45) is 0.523. The van der Waals surface area contributed by atoms with Crippen LogP contribution in [0.15, 0.2) is 28.4 Å². The van der Waals surface area contributed by atoms with Gasteiger partial charge in [-0.15, -0.1) is 0 Å². The second-order valence-electron chi connectivity index (χ2n) is 11.1. The van der Waals surface area contributed by atoms with Crippen LogP contribution in [-0.2, 0) is 27.3 Å². The number of aromatic nitrogens is 1. The summed E-state index contributed by atoms with van der Waals surface area (Å²) in [5, 5.41) is 50.9. The van der Waals surface area contributed by atoms with Crippen molar-refractivity contribution >= 4 is 34.8 Å². The van der Waals surface area contributed by atoms with E-state index < -0.39 is 71.4 Å². The second-order valence-corrected chi connectivity index (χ2v) is 11.1. The van der Waals surface area contributed by atoms with Gasteiger partial charge >= 0.3 is 0 Å². The number of hydrogen-bond acceptors (Lipinski definition) is 12. The number of amides is 2. The van der Waals surface area contributed by atoms with Crippen LogP contribution >= 0.6 is 0 Å². The number of nitrogens with two attached hydrogens (primary N) is 1. The van der Waals surface area contributed by atoms with Crippen LogP contribution in [0, 0.1) is 11.8 Å². The van der Waals surface area contributed by atoms with Gasteiger partial charge in [-0.1, -0.05) is 5.16 Å². The Morgan fingerprint density at radius 2 is 1.93 bits per heavy atom. The fraction of sp³-hybridized carbons (Fsp3) is 0.464. The quantitative estimate of drug-likeness (QED) is 0.194. The van der Waals surface area contributed by atoms with Crippen LogP contribution in [0.25, 0.3) is 5.76 Å². The number of aliphatic hydroxyl groups is 3. The van der Waals surface area contributed by atoms with Crippen molar-refractivity contribution in [2.45, 2.75) is 37.5 Å². The molecule has 0 saturated heterocycles. The summed E-state index contributed by atoms with van der Waals surface area (Å²) < 4.78 is 4.85. The Balaban J connectivity index is 1.85. The highest BCUT2D eigenvalue weighted by molar-refractivity contribution is 6.23. The van der Waals surface area contributed by atoms with Gasteiger partial charge in [0.25, 0.3) is 5.91 Å². The summed E-state index contributed by atoms with van der Waals surface area (Å²) in [5.74, 6) is -6.80. The lowest BCUT2D eigenvalue weighted by atomic mass is 9.59. The van der Waals surface area contributed by atoms with E-state index in [4.69, 9.17) is 10.3 Å². The zero-order valence-electron chi connectivity index (χ0n) is 23.7. The Bertz CT molecular complexity index is 1450.